The molecule has 5 nitrogen and oxygen atoms in total. The number of hydrogen-bond donors (Lipinski definition) is 2. The van der Waals surface area contributed by atoms with E-state index in [4.69, 9.17) is 5.73 Å². The second-order valence-corrected chi connectivity index (χ2v) is 7.34. The Morgan fingerprint density at radius 2 is 2.18 bits per heavy atom. The highest BCUT2D eigenvalue weighted by atomic mass is 32.2. The molecule has 0 aliphatic heterocycles. The van der Waals surface area contributed by atoms with Gasteiger partial charge in [-0.1, -0.05) is 6.92 Å². The molecule has 0 saturated carbocycles. The van der Waals surface area contributed by atoms with Crippen LogP contribution in [0.3, 0.4) is 0 Å². The molecule has 0 bridgehead atoms. The van der Waals surface area contributed by atoms with E-state index in [1.54, 1.807) is 13.0 Å². The first-order chi connectivity index (χ1) is 7.85. The quantitative estimate of drug-likeness (QED) is 0.832. The van der Waals surface area contributed by atoms with Crippen molar-refractivity contribution in [2.75, 3.05) is 23.8 Å². The van der Waals surface area contributed by atoms with Gasteiger partial charge in [0.1, 0.15) is 0 Å². The van der Waals surface area contributed by atoms with Crippen molar-refractivity contribution in [3.05, 3.63) is 15.8 Å². The number of sulfone groups is 1. The summed E-state index contributed by atoms with van der Waals surface area (Å²) in [6.45, 7) is 3.55. The van der Waals surface area contributed by atoms with E-state index in [2.05, 4.69) is 5.32 Å². The fourth-order valence-corrected chi connectivity index (χ4v) is 2.72. The van der Waals surface area contributed by atoms with Crippen LogP contribution in [0.15, 0.2) is 6.07 Å². The molecule has 1 aromatic heterocycles. The molecule has 96 valence electrons. The monoisotopic (exact) mass is 276 g/mol. The maximum Gasteiger partial charge on any atom is 0.261 e. The topological polar surface area (TPSA) is 89.3 Å². The predicted molar refractivity (Wildman–Crippen MR) is 70.1 cm³/mol. The van der Waals surface area contributed by atoms with E-state index in [1.807, 2.05) is 6.92 Å². The standard InChI is InChI=1S/C10H16N2O3S2/c1-3-17(14,15)5-4-12-10(13)9-6-8(11)7(2)16-9/h6H,3-5,11H2,1-2H3,(H,12,13). The lowest BCUT2D eigenvalue weighted by molar-refractivity contribution is 0.0960. The lowest BCUT2D eigenvalue weighted by Crippen LogP contribution is -2.29. The lowest BCUT2D eigenvalue weighted by atomic mass is 10.3. The number of thiophene rings is 1. The van der Waals surface area contributed by atoms with E-state index in [9.17, 15) is 13.2 Å². The molecule has 1 rings (SSSR count). The van der Waals surface area contributed by atoms with Gasteiger partial charge in [0, 0.05) is 22.9 Å². The van der Waals surface area contributed by atoms with Crippen molar-refractivity contribution in [1.29, 1.82) is 0 Å². The summed E-state index contributed by atoms with van der Waals surface area (Å²) >= 11 is 1.30. The summed E-state index contributed by atoms with van der Waals surface area (Å²) in [5, 5.41) is 2.57. The van der Waals surface area contributed by atoms with Crippen LogP contribution in [0, 0.1) is 6.92 Å². The third-order valence-electron chi connectivity index (χ3n) is 2.32. The Balaban J connectivity index is 2.51. The molecule has 0 aliphatic rings. The van der Waals surface area contributed by atoms with Crippen LogP contribution in [-0.2, 0) is 9.84 Å². The van der Waals surface area contributed by atoms with Crippen molar-refractivity contribution in [3.63, 3.8) is 0 Å². The van der Waals surface area contributed by atoms with Crippen molar-refractivity contribution in [2.45, 2.75) is 13.8 Å². The summed E-state index contributed by atoms with van der Waals surface area (Å²) in [6.07, 6.45) is 0. The lowest BCUT2D eigenvalue weighted by Gasteiger charge is -2.03. The number of carbonyl (C=O) groups is 1. The van der Waals surface area contributed by atoms with Gasteiger partial charge in [0.2, 0.25) is 0 Å². The average Bonchev–Trinajstić information content (AvgIpc) is 2.59. The fourth-order valence-electron chi connectivity index (χ4n) is 1.16. The van der Waals surface area contributed by atoms with E-state index < -0.39 is 9.84 Å². The summed E-state index contributed by atoms with van der Waals surface area (Å²) in [5.41, 5.74) is 6.22. The maximum atomic E-state index is 11.6. The van der Waals surface area contributed by atoms with Gasteiger partial charge >= 0.3 is 0 Å². The zero-order valence-corrected chi connectivity index (χ0v) is 11.5. The van der Waals surface area contributed by atoms with Gasteiger partial charge in [0.15, 0.2) is 9.84 Å². The zero-order chi connectivity index (χ0) is 13.1. The van der Waals surface area contributed by atoms with Crippen LogP contribution in [0.1, 0.15) is 21.5 Å². The Morgan fingerprint density at radius 3 is 2.65 bits per heavy atom. The summed E-state index contributed by atoms with van der Waals surface area (Å²) in [5.74, 6) is -0.218. The molecule has 0 fully saturated rings. The van der Waals surface area contributed by atoms with Crippen molar-refractivity contribution in [3.8, 4) is 0 Å². The van der Waals surface area contributed by atoms with Crippen LogP contribution in [0.25, 0.3) is 0 Å². The normalized spacial score (nSPS) is 11.4. The molecule has 7 heteroatoms. The van der Waals surface area contributed by atoms with Crippen molar-refractivity contribution >= 4 is 32.8 Å². The average molecular weight is 276 g/mol. The number of carbonyl (C=O) groups excluding carboxylic acids is 1. The summed E-state index contributed by atoms with van der Waals surface area (Å²) in [4.78, 5) is 13.0. The number of aryl methyl sites for hydroxylation is 1. The highest BCUT2D eigenvalue weighted by Crippen LogP contribution is 2.22. The molecular weight excluding hydrogens is 260 g/mol. The molecule has 0 saturated heterocycles. The molecule has 0 spiro atoms. The number of nitrogens with one attached hydrogen (secondary N) is 1. The molecule has 17 heavy (non-hydrogen) atoms. The molecule has 1 aromatic rings. The predicted octanol–water partition coefficient (Wildman–Crippen LogP) is 0.803. The van der Waals surface area contributed by atoms with Crippen LogP contribution in [0.4, 0.5) is 5.69 Å². The van der Waals surface area contributed by atoms with E-state index in [0.717, 1.165) is 4.88 Å². The largest absolute Gasteiger partial charge is 0.398 e. The third kappa shape index (κ3) is 4.01. The second-order valence-electron chi connectivity index (χ2n) is 3.61. The first-order valence-corrected chi connectivity index (χ1v) is 7.84. The summed E-state index contributed by atoms with van der Waals surface area (Å²) < 4.78 is 22.4. The van der Waals surface area contributed by atoms with Crippen LogP contribution in [0.5, 0.6) is 0 Å². The number of nitrogen functional groups attached to an aromatic ring is 1. The third-order valence-corrected chi connectivity index (χ3v) is 5.09. The van der Waals surface area contributed by atoms with Gasteiger partial charge in [0.25, 0.3) is 5.91 Å². The van der Waals surface area contributed by atoms with Gasteiger partial charge in [-0.2, -0.15) is 0 Å². The number of hydrogen-bond acceptors (Lipinski definition) is 5. The minimum Gasteiger partial charge on any atom is -0.398 e. The molecule has 1 amide bonds. The van der Waals surface area contributed by atoms with Gasteiger partial charge < -0.3 is 11.1 Å². The molecule has 0 unspecified atom stereocenters. The van der Waals surface area contributed by atoms with Gasteiger partial charge in [-0.3, -0.25) is 4.79 Å². The molecule has 0 radical (unpaired) electrons. The SMILES string of the molecule is CCS(=O)(=O)CCNC(=O)c1cc(N)c(C)s1. The van der Waals surface area contributed by atoms with E-state index in [1.165, 1.54) is 11.3 Å². The van der Waals surface area contributed by atoms with Crippen LogP contribution >= 0.6 is 11.3 Å². The molecule has 1 heterocycles. The first kappa shape index (κ1) is 14.0. The zero-order valence-electron chi connectivity index (χ0n) is 9.82. The molecule has 0 aromatic carbocycles. The van der Waals surface area contributed by atoms with Gasteiger partial charge in [-0.15, -0.1) is 11.3 Å². The van der Waals surface area contributed by atoms with Gasteiger partial charge in [0.05, 0.1) is 10.6 Å². The number of nitrogens with two attached hydrogens (primary N) is 1. The second kappa shape index (κ2) is 5.50. The Labute approximate surface area is 105 Å². The van der Waals surface area contributed by atoms with Crippen LogP contribution < -0.4 is 11.1 Å². The number of rotatable bonds is 5. The van der Waals surface area contributed by atoms with Crippen LogP contribution in [-0.4, -0.2) is 32.4 Å². The number of anilines is 1. The van der Waals surface area contributed by atoms with Gasteiger partial charge in [-0.05, 0) is 13.0 Å². The smallest absolute Gasteiger partial charge is 0.261 e. The maximum absolute atomic E-state index is 11.6. The highest BCUT2D eigenvalue weighted by Gasteiger charge is 2.12. The van der Waals surface area contributed by atoms with E-state index in [0.29, 0.717) is 10.6 Å². The van der Waals surface area contributed by atoms with Crippen LogP contribution in [0.2, 0.25) is 0 Å². The molecule has 3 N–H and O–H groups in total. The van der Waals surface area contributed by atoms with Crippen molar-refractivity contribution in [2.24, 2.45) is 0 Å². The van der Waals surface area contributed by atoms with Gasteiger partial charge in [-0.25, -0.2) is 8.42 Å². The van der Waals surface area contributed by atoms with E-state index >= 15 is 0 Å². The first-order valence-electron chi connectivity index (χ1n) is 5.20. The summed E-state index contributed by atoms with van der Waals surface area (Å²) in [7, 11) is -3.04. The fraction of sp³-hybridized carbons (Fsp3) is 0.500. The Morgan fingerprint density at radius 1 is 1.53 bits per heavy atom. The Hall–Kier alpha value is -1.08. The number of amides is 1. The summed E-state index contributed by atoms with van der Waals surface area (Å²) in [6, 6.07) is 1.60. The minimum absolute atomic E-state index is 0.0327. The molecule has 0 aliphatic carbocycles. The molecule has 0 atom stereocenters. The Kier molecular flexibility index (Phi) is 4.53. The minimum atomic E-state index is -3.04. The van der Waals surface area contributed by atoms with Crippen molar-refractivity contribution < 1.29 is 13.2 Å². The molecular formula is C10H16N2O3S2. The Bertz CT molecular complexity index is 486. The van der Waals surface area contributed by atoms with Crippen molar-refractivity contribution in [1.82, 2.24) is 5.32 Å². The van der Waals surface area contributed by atoms with E-state index in [-0.39, 0.29) is 24.0 Å². The highest BCUT2D eigenvalue weighted by molar-refractivity contribution is 7.91.